The van der Waals surface area contributed by atoms with E-state index in [0.29, 0.717) is 12.5 Å². The summed E-state index contributed by atoms with van der Waals surface area (Å²) in [5, 5.41) is 15.5. The van der Waals surface area contributed by atoms with Crippen LogP contribution in [0.2, 0.25) is 0 Å². The van der Waals surface area contributed by atoms with E-state index in [1.165, 1.54) is 0 Å². The molecule has 0 saturated heterocycles. The lowest BCUT2D eigenvalue weighted by atomic mass is 9.87. The third-order valence-electron chi connectivity index (χ3n) is 3.55. The fourth-order valence-corrected chi connectivity index (χ4v) is 2.17. The molecular weight excluding hydrogens is 216 g/mol. The van der Waals surface area contributed by atoms with E-state index in [-0.39, 0.29) is 18.1 Å². The highest BCUT2D eigenvalue weighted by Gasteiger charge is 2.19. The van der Waals surface area contributed by atoms with Gasteiger partial charge in [-0.15, -0.1) is 0 Å². The van der Waals surface area contributed by atoms with Crippen LogP contribution in [0.1, 0.15) is 46.0 Å². The summed E-state index contributed by atoms with van der Waals surface area (Å²) in [6, 6.07) is 0.258. The van der Waals surface area contributed by atoms with Gasteiger partial charge in [0.05, 0.1) is 12.6 Å². The van der Waals surface area contributed by atoms with Gasteiger partial charge in [0.25, 0.3) is 0 Å². The first-order valence-corrected chi connectivity index (χ1v) is 6.80. The van der Waals surface area contributed by atoms with E-state index in [0.717, 1.165) is 38.6 Å². The summed E-state index contributed by atoms with van der Waals surface area (Å²) in [6.07, 6.45) is 4.82. The zero-order valence-electron chi connectivity index (χ0n) is 11.0. The van der Waals surface area contributed by atoms with Gasteiger partial charge in [0.2, 0.25) is 5.91 Å². The van der Waals surface area contributed by atoms with Crippen LogP contribution in [0.25, 0.3) is 0 Å². The molecule has 0 bridgehead atoms. The molecule has 4 heteroatoms. The van der Waals surface area contributed by atoms with E-state index < -0.39 is 0 Å². The molecule has 1 atom stereocenters. The topological polar surface area (TPSA) is 61.4 Å². The summed E-state index contributed by atoms with van der Waals surface area (Å²) >= 11 is 0. The van der Waals surface area contributed by atoms with Crippen molar-refractivity contribution in [3.63, 3.8) is 0 Å². The molecule has 0 radical (unpaired) electrons. The highest BCUT2D eigenvalue weighted by atomic mass is 16.3. The van der Waals surface area contributed by atoms with Gasteiger partial charge in [-0.25, -0.2) is 0 Å². The summed E-state index contributed by atoms with van der Waals surface area (Å²) in [5.74, 6) is 0.699. The van der Waals surface area contributed by atoms with E-state index in [4.69, 9.17) is 0 Å². The Bertz CT molecular complexity index is 225. The molecule has 1 fully saturated rings. The Labute approximate surface area is 104 Å². The SMILES string of the molecule is CCC(C)NC(=O)CNCC1CCC(O)CC1. The normalized spacial score (nSPS) is 26.5. The first kappa shape index (κ1) is 14.5. The van der Waals surface area contributed by atoms with Crippen LogP contribution in [0.4, 0.5) is 0 Å². The number of rotatable bonds is 6. The lowest BCUT2D eigenvalue weighted by Gasteiger charge is -2.25. The second-order valence-corrected chi connectivity index (χ2v) is 5.18. The molecule has 0 aliphatic heterocycles. The van der Waals surface area contributed by atoms with Gasteiger partial charge in [-0.3, -0.25) is 4.79 Å². The lowest BCUT2D eigenvalue weighted by molar-refractivity contribution is -0.120. The quantitative estimate of drug-likeness (QED) is 0.652. The molecule has 100 valence electrons. The summed E-state index contributed by atoms with van der Waals surface area (Å²) in [4.78, 5) is 11.5. The van der Waals surface area contributed by atoms with Gasteiger partial charge in [0.1, 0.15) is 0 Å². The number of hydrogen-bond acceptors (Lipinski definition) is 3. The molecule has 1 rings (SSSR count). The van der Waals surface area contributed by atoms with Crippen LogP contribution < -0.4 is 10.6 Å². The molecule has 0 heterocycles. The molecule has 0 aromatic rings. The first-order chi connectivity index (χ1) is 8.11. The minimum absolute atomic E-state index is 0.0789. The maximum Gasteiger partial charge on any atom is 0.234 e. The largest absolute Gasteiger partial charge is 0.393 e. The average molecular weight is 242 g/mol. The standard InChI is InChI=1S/C13H26N2O2/c1-3-10(2)15-13(17)9-14-8-11-4-6-12(16)7-5-11/h10-12,14,16H,3-9H2,1-2H3,(H,15,17). The van der Waals surface area contributed by atoms with Gasteiger partial charge in [0.15, 0.2) is 0 Å². The van der Waals surface area contributed by atoms with Crippen molar-refractivity contribution in [2.75, 3.05) is 13.1 Å². The van der Waals surface area contributed by atoms with Crippen LogP contribution in [0.5, 0.6) is 0 Å². The van der Waals surface area contributed by atoms with Crippen LogP contribution in [0.3, 0.4) is 0 Å². The van der Waals surface area contributed by atoms with E-state index in [2.05, 4.69) is 17.6 Å². The predicted molar refractivity (Wildman–Crippen MR) is 68.7 cm³/mol. The monoisotopic (exact) mass is 242 g/mol. The minimum Gasteiger partial charge on any atom is -0.393 e. The molecule has 1 aliphatic carbocycles. The van der Waals surface area contributed by atoms with Crippen LogP contribution >= 0.6 is 0 Å². The molecular formula is C13H26N2O2. The van der Waals surface area contributed by atoms with Crippen molar-refractivity contribution in [2.45, 2.75) is 58.1 Å². The van der Waals surface area contributed by atoms with Crippen molar-refractivity contribution in [1.82, 2.24) is 10.6 Å². The van der Waals surface area contributed by atoms with Crippen molar-refractivity contribution < 1.29 is 9.90 Å². The molecule has 4 nitrogen and oxygen atoms in total. The van der Waals surface area contributed by atoms with Gasteiger partial charge in [-0.2, -0.15) is 0 Å². The number of aliphatic hydroxyl groups excluding tert-OH is 1. The smallest absolute Gasteiger partial charge is 0.234 e. The highest BCUT2D eigenvalue weighted by Crippen LogP contribution is 2.23. The van der Waals surface area contributed by atoms with Crippen molar-refractivity contribution in [3.8, 4) is 0 Å². The highest BCUT2D eigenvalue weighted by molar-refractivity contribution is 5.78. The van der Waals surface area contributed by atoms with E-state index in [1.807, 2.05) is 6.92 Å². The zero-order chi connectivity index (χ0) is 12.7. The molecule has 17 heavy (non-hydrogen) atoms. The Morgan fingerprint density at radius 1 is 1.35 bits per heavy atom. The second-order valence-electron chi connectivity index (χ2n) is 5.18. The van der Waals surface area contributed by atoms with E-state index in [1.54, 1.807) is 0 Å². The summed E-state index contributed by atoms with van der Waals surface area (Å²) < 4.78 is 0. The van der Waals surface area contributed by atoms with Crippen LogP contribution in [-0.2, 0) is 4.79 Å². The van der Waals surface area contributed by atoms with Gasteiger partial charge in [-0.05, 0) is 51.5 Å². The van der Waals surface area contributed by atoms with Crippen LogP contribution in [0, 0.1) is 5.92 Å². The summed E-state index contributed by atoms with van der Waals surface area (Å²) in [6.45, 7) is 5.37. The fourth-order valence-electron chi connectivity index (χ4n) is 2.17. The molecule has 1 amide bonds. The maximum absolute atomic E-state index is 11.5. The van der Waals surface area contributed by atoms with Crippen LogP contribution in [0.15, 0.2) is 0 Å². The third-order valence-corrected chi connectivity index (χ3v) is 3.55. The van der Waals surface area contributed by atoms with Gasteiger partial charge < -0.3 is 15.7 Å². The first-order valence-electron chi connectivity index (χ1n) is 6.80. The van der Waals surface area contributed by atoms with Crippen molar-refractivity contribution in [3.05, 3.63) is 0 Å². The number of amides is 1. The van der Waals surface area contributed by atoms with Crippen molar-refractivity contribution in [1.29, 1.82) is 0 Å². The number of carbonyl (C=O) groups excluding carboxylic acids is 1. The third kappa shape index (κ3) is 6.03. The minimum atomic E-state index is -0.0973. The number of aliphatic hydroxyl groups is 1. The zero-order valence-corrected chi connectivity index (χ0v) is 11.0. The van der Waals surface area contributed by atoms with Crippen molar-refractivity contribution in [2.24, 2.45) is 5.92 Å². The average Bonchev–Trinajstić information content (AvgIpc) is 2.31. The number of hydrogen-bond donors (Lipinski definition) is 3. The fraction of sp³-hybridized carbons (Fsp3) is 0.923. The molecule has 3 N–H and O–H groups in total. The Morgan fingerprint density at radius 3 is 2.59 bits per heavy atom. The Hall–Kier alpha value is -0.610. The predicted octanol–water partition coefficient (Wildman–Crippen LogP) is 1.04. The van der Waals surface area contributed by atoms with Gasteiger partial charge in [0, 0.05) is 6.04 Å². The van der Waals surface area contributed by atoms with Crippen LogP contribution in [-0.4, -0.2) is 36.2 Å². The lowest BCUT2D eigenvalue weighted by Crippen LogP contribution is -2.40. The summed E-state index contributed by atoms with van der Waals surface area (Å²) in [5.41, 5.74) is 0. The molecule has 1 aliphatic rings. The second kappa shape index (κ2) is 7.67. The van der Waals surface area contributed by atoms with Gasteiger partial charge >= 0.3 is 0 Å². The molecule has 0 aromatic heterocycles. The molecule has 1 unspecified atom stereocenters. The Kier molecular flexibility index (Phi) is 6.52. The van der Waals surface area contributed by atoms with E-state index >= 15 is 0 Å². The Morgan fingerprint density at radius 2 is 2.00 bits per heavy atom. The summed E-state index contributed by atoms with van der Waals surface area (Å²) in [7, 11) is 0. The van der Waals surface area contributed by atoms with E-state index in [9.17, 15) is 9.90 Å². The molecule has 0 spiro atoms. The number of nitrogens with one attached hydrogen (secondary N) is 2. The number of carbonyl (C=O) groups is 1. The molecule has 0 aromatic carbocycles. The molecule has 1 saturated carbocycles. The Balaban J connectivity index is 2.05. The van der Waals surface area contributed by atoms with Crippen molar-refractivity contribution >= 4 is 5.91 Å². The van der Waals surface area contributed by atoms with Gasteiger partial charge in [-0.1, -0.05) is 6.92 Å². The maximum atomic E-state index is 11.5.